The highest BCUT2D eigenvalue weighted by Crippen LogP contribution is 2.01. The van der Waals surface area contributed by atoms with Gasteiger partial charge in [0.1, 0.15) is 6.61 Å². The molecule has 0 bridgehead atoms. The van der Waals surface area contributed by atoms with Crippen LogP contribution in [0.2, 0.25) is 0 Å². The highest BCUT2D eigenvalue weighted by molar-refractivity contribution is 5.75. The van der Waals surface area contributed by atoms with Gasteiger partial charge in [0.05, 0.1) is 26.7 Å². The Bertz CT molecular complexity index is 265. The number of carbonyl (C=O) groups is 2. The molecule has 0 aromatic rings. The average molecular weight is 246 g/mol. The van der Waals surface area contributed by atoms with Crippen LogP contribution in [0.3, 0.4) is 0 Å². The van der Waals surface area contributed by atoms with Gasteiger partial charge >= 0.3 is 6.09 Å². The fraction of sp³-hybridized carbons (Fsp3) is 0.800. The average Bonchev–Trinajstić information content (AvgIpc) is 2.38. The number of carbonyl (C=O) groups excluding carboxylic acids is 2. The maximum absolute atomic E-state index is 11.5. The van der Waals surface area contributed by atoms with Gasteiger partial charge in [0.2, 0.25) is 5.91 Å². The summed E-state index contributed by atoms with van der Waals surface area (Å²) in [6.07, 6.45) is -0.290. The summed E-state index contributed by atoms with van der Waals surface area (Å²) in [6, 6.07) is 0. The molecule has 0 aliphatic carbocycles. The zero-order valence-corrected chi connectivity index (χ0v) is 10.2. The van der Waals surface area contributed by atoms with E-state index in [0.717, 1.165) is 5.06 Å². The molecule has 1 saturated heterocycles. The van der Waals surface area contributed by atoms with Crippen LogP contribution in [0, 0.1) is 0 Å². The van der Waals surface area contributed by atoms with Crippen molar-refractivity contribution in [3.63, 3.8) is 0 Å². The van der Waals surface area contributed by atoms with Gasteiger partial charge in [-0.15, -0.1) is 0 Å². The van der Waals surface area contributed by atoms with Crippen LogP contribution in [0.1, 0.15) is 6.42 Å². The smallest absolute Gasteiger partial charge is 0.409 e. The van der Waals surface area contributed by atoms with E-state index in [0.29, 0.717) is 26.3 Å². The molecule has 0 spiro atoms. The lowest BCUT2D eigenvalue weighted by atomic mass is 10.4. The van der Waals surface area contributed by atoms with E-state index in [1.165, 1.54) is 14.2 Å². The summed E-state index contributed by atoms with van der Waals surface area (Å²) in [7, 11) is 2.91. The summed E-state index contributed by atoms with van der Waals surface area (Å²) in [5, 5.41) is 1.10. The van der Waals surface area contributed by atoms with E-state index in [1.807, 2.05) is 0 Å². The summed E-state index contributed by atoms with van der Waals surface area (Å²) >= 11 is 0. The van der Waals surface area contributed by atoms with Gasteiger partial charge in [-0.2, -0.15) is 0 Å². The third-order valence-electron chi connectivity index (χ3n) is 2.44. The van der Waals surface area contributed by atoms with Gasteiger partial charge in [-0.1, -0.05) is 0 Å². The van der Waals surface area contributed by atoms with Crippen molar-refractivity contribution < 1.29 is 23.9 Å². The second-order valence-electron chi connectivity index (χ2n) is 3.54. The van der Waals surface area contributed by atoms with Crippen LogP contribution in [-0.4, -0.2) is 69.0 Å². The molecule has 1 fully saturated rings. The molecule has 98 valence electrons. The standard InChI is InChI=1S/C10H18N2O5/c1-11(15-2)9(13)3-6-17-10(14)12-4-7-16-8-5-12/h3-8H2,1-2H3. The number of hydrogen-bond donors (Lipinski definition) is 0. The van der Waals surface area contributed by atoms with Crippen molar-refractivity contribution in [2.45, 2.75) is 6.42 Å². The predicted molar refractivity (Wildman–Crippen MR) is 58.1 cm³/mol. The molecule has 1 heterocycles. The Kier molecular flexibility index (Phi) is 5.71. The van der Waals surface area contributed by atoms with E-state index < -0.39 is 6.09 Å². The van der Waals surface area contributed by atoms with E-state index in [2.05, 4.69) is 0 Å². The molecule has 1 rings (SSSR count). The van der Waals surface area contributed by atoms with Crippen LogP contribution in [0.4, 0.5) is 4.79 Å². The van der Waals surface area contributed by atoms with E-state index >= 15 is 0 Å². The molecule has 0 atom stereocenters. The zero-order valence-electron chi connectivity index (χ0n) is 10.2. The van der Waals surface area contributed by atoms with Crippen LogP contribution in [0.25, 0.3) is 0 Å². The number of amides is 2. The number of hydroxylamine groups is 2. The Morgan fingerprint density at radius 3 is 2.59 bits per heavy atom. The van der Waals surface area contributed by atoms with Crippen molar-refractivity contribution in [2.24, 2.45) is 0 Å². The van der Waals surface area contributed by atoms with Crippen molar-refractivity contribution in [3.05, 3.63) is 0 Å². The molecule has 7 heteroatoms. The molecule has 0 aromatic heterocycles. The predicted octanol–water partition coefficient (Wildman–Crippen LogP) is -0.135. The largest absolute Gasteiger partial charge is 0.449 e. The third kappa shape index (κ3) is 4.58. The first-order valence-electron chi connectivity index (χ1n) is 5.45. The van der Waals surface area contributed by atoms with Crippen LogP contribution >= 0.6 is 0 Å². The summed E-state index contributed by atoms with van der Waals surface area (Å²) in [4.78, 5) is 29.1. The Labute approximate surface area is 100 Å². The first kappa shape index (κ1) is 13.7. The fourth-order valence-corrected chi connectivity index (χ4v) is 1.32. The lowest BCUT2D eigenvalue weighted by Crippen LogP contribution is -2.41. The molecular formula is C10H18N2O5. The first-order chi connectivity index (χ1) is 8.15. The Balaban J connectivity index is 2.17. The molecular weight excluding hydrogens is 228 g/mol. The number of nitrogens with zero attached hydrogens (tertiary/aromatic N) is 2. The molecule has 0 unspecified atom stereocenters. The van der Waals surface area contributed by atoms with Crippen molar-refractivity contribution in [1.82, 2.24) is 9.96 Å². The monoisotopic (exact) mass is 246 g/mol. The van der Waals surface area contributed by atoms with Crippen molar-refractivity contribution in [2.75, 3.05) is 47.1 Å². The molecule has 0 radical (unpaired) electrons. The molecule has 0 N–H and O–H groups in total. The second kappa shape index (κ2) is 7.08. The zero-order chi connectivity index (χ0) is 12.7. The number of ether oxygens (including phenoxy) is 2. The minimum atomic E-state index is -0.402. The highest BCUT2D eigenvalue weighted by Gasteiger charge is 2.18. The van der Waals surface area contributed by atoms with Gasteiger partial charge in [-0.05, 0) is 0 Å². The van der Waals surface area contributed by atoms with Gasteiger partial charge in [0, 0.05) is 20.1 Å². The second-order valence-corrected chi connectivity index (χ2v) is 3.54. The van der Waals surface area contributed by atoms with Gasteiger partial charge < -0.3 is 14.4 Å². The van der Waals surface area contributed by atoms with Crippen LogP contribution < -0.4 is 0 Å². The Morgan fingerprint density at radius 1 is 1.35 bits per heavy atom. The van der Waals surface area contributed by atoms with E-state index in [4.69, 9.17) is 14.3 Å². The lowest BCUT2D eigenvalue weighted by Gasteiger charge is -2.26. The molecule has 17 heavy (non-hydrogen) atoms. The van der Waals surface area contributed by atoms with Crippen molar-refractivity contribution in [3.8, 4) is 0 Å². The minimum Gasteiger partial charge on any atom is -0.449 e. The van der Waals surface area contributed by atoms with Crippen LogP contribution in [-0.2, 0) is 19.1 Å². The molecule has 0 aromatic carbocycles. The lowest BCUT2D eigenvalue weighted by molar-refractivity contribution is -0.169. The summed E-state index contributed by atoms with van der Waals surface area (Å²) in [6.45, 7) is 2.18. The van der Waals surface area contributed by atoms with E-state index in [-0.39, 0.29) is 18.9 Å². The molecule has 2 amide bonds. The van der Waals surface area contributed by atoms with Gasteiger partial charge in [-0.3, -0.25) is 9.63 Å². The van der Waals surface area contributed by atoms with Crippen molar-refractivity contribution >= 4 is 12.0 Å². The van der Waals surface area contributed by atoms with E-state index in [9.17, 15) is 9.59 Å². The number of hydrogen-bond acceptors (Lipinski definition) is 5. The topological polar surface area (TPSA) is 68.3 Å². The number of morpholine rings is 1. The molecule has 1 aliphatic rings. The Morgan fingerprint density at radius 2 is 2.00 bits per heavy atom. The maximum atomic E-state index is 11.5. The third-order valence-corrected chi connectivity index (χ3v) is 2.44. The molecule has 7 nitrogen and oxygen atoms in total. The van der Waals surface area contributed by atoms with Crippen molar-refractivity contribution in [1.29, 1.82) is 0 Å². The van der Waals surface area contributed by atoms with Crippen LogP contribution in [0.15, 0.2) is 0 Å². The number of rotatable bonds is 4. The maximum Gasteiger partial charge on any atom is 0.409 e. The molecule has 0 saturated carbocycles. The minimum absolute atomic E-state index is 0.0583. The van der Waals surface area contributed by atoms with Gasteiger partial charge in [-0.25, -0.2) is 9.86 Å². The van der Waals surface area contributed by atoms with Gasteiger partial charge in [0.15, 0.2) is 0 Å². The summed E-state index contributed by atoms with van der Waals surface area (Å²) < 4.78 is 10.1. The van der Waals surface area contributed by atoms with Gasteiger partial charge in [0.25, 0.3) is 0 Å². The summed E-state index contributed by atoms with van der Waals surface area (Å²) in [5.74, 6) is -0.234. The highest BCUT2D eigenvalue weighted by atomic mass is 16.7. The van der Waals surface area contributed by atoms with Crippen LogP contribution in [0.5, 0.6) is 0 Å². The SMILES string of the molecule is CON(C)C(=O)CCOC(=O)N1CCOCC1. The quantitative estimate of drug-likeness (QED) is 0.646. The van der Waals surface area contributed by atoms with E-state index in [1.54, 1.807) is 4.90 Å². The summed E-state index contributed by atoms with van der Waals surface area (Å²) in [5.41, 5.74) is 0. The molecule has 1 aliphatic heterocycles. The Hall–Kier alpha value is -1.34. The normalized spacial score (nSPS) is 15.5. The fourth-order valence-electron chi connectivity index (χ4n) is 1.32. The first-order valence-corrected chi connectivity index (χ1v) is 5.45.